The molecule has 20 heavy (non-hydrogen) atoms. The summed E-state index contributed by atoms with van der Waals surface area (Å²) in [4.78, 5) is 15.5. The molecule has 0 saturated heterocycles. The molecular weight excluding hydrogens is 250 g/mol. The summed E-state index contributed by atoms with van der Waals surface area (Å²) in [5.74, 6) is -0.422. The quantitative estimate of drug-likeness (QED) is 0.914. The first-order valence-corrected chi connectivity index (χ1v) is 7.01. The van der Waals surface area contributed by atoms with Gasteiger partial charge in [-0.2, -0.15) is 0 Å². The fraction of sp³-hybridized carbons (Fsp3) is 0.412. The standard InChI is InChI=1S/C17H21NO2/c1-10(2)15-9-13(5-6-17(19)20)14-7-11(3)12(4)8-16(14)18-15/h7-10H,5-6H2,1-4H3,(H,19,20). The maximum Gasteiger partial charge on any atom is 0.303 e. The minimum absolute atomic E-state index is 0.156. The zero-order chi connectivity index (χ0) is 14.9. The number of aromatic nitrogens is 1. The second-order valence-electron chi connectivity index (χ2n) is 5.71. The number of nitrogens with zero attached hydrogens (tertiary/aromatic N) is 1. The maximum atomic E-state index is 10.8. The summed E-state index contributed by atoms with van der Waals surface area (Å²) in [5.41, 5.74) is 5.52. The lowest BCUT2D eigenvalue weighted by molar-refractivity contribution is -0.136. The van der Waals surface area contributed by atoms with Crippen LogP contribution in [-0.4, -0.2) is 16.1 Å². The van der Waals surface area contributed by atoms with Gasteiger partial charge in [-0.3, -0.25) is 9.78 Å². The number of carboxylic acids is 1. The molecule has 0 radical (unpaired) electrons. The third-order valence-corrected chi connectivity index (χ3v) is 3.73. The first-order valence-electron chi connectivity index (χ1n) is 7.01. The summed E-state index contributed by atoms with van der Waals surface area (Å²) in [7, 11) is 0. The SMILES string of the molecule is Cc1cc2nc(C(C)C)cc(CCC(=O)O)c2cc1C. The maximum absolute atomic E-state index is 10.8. The molecule has 0 unspecified atom stereocenters. The van der Waals surface area contributed by atoms with Gasteiger partial charge in [0.25, 0.3) is 0 Å². The highest BCUT2D eigenvalue weighted by Gasteiger charge is 2.11. The van der Waals surface area contributed by atoms with Crippen molar-refractivity contribution in [3.63, 3.8) is 0 Å². The van der Waals surface area contributed by atoms with E-state index in [4.69, 9.17) is 10.1 Å². The van der Waals surface area contributed by atoms with Crippen molar-refractivity contribution in [3.8, 4) is 0 Å². The van der Waals surface area contributed by atoms with Crippen LogP contribution in [0, 0.1) is 13.8 Å². The molecule has 0 aliphatic carbocycles. The molecule has 0 aliphatic rings. The van der Waals surface area contributed by atoms with Gasteiger partial charge in [-0.15, -0.1) is 0 Å². The molecule has 2 aromatic rings. The highest BCUT2D eigenvalue weighted by molar-refractivity contribution is 5.84. The molecule has 1 aromatic carbocycles. The number of carbonyl (C=O) groups is 1. The largest absolute Gasteiger partial charge is 0.481 e. The van der Waals surface area contributed by atoms with Crippen molar-refractivity contribution in [3.05, 3.63) is 40.6 Å². The summed E-state index contributed by atoms with van der Waals surface area (Å²) in [5, 5.41) is 9.99. The van der Waals surface area contributed by atoms with Crippen molar-refractivity contribution in [2.75, 3.05) is 0 Å². The summed E-state index contributed by atoms with van der Waals surface area (Å²) in [6.07, 6.45) is 0.708. The Bertz CT molecular complexity index is 660. The second kappa shape index (κ2) is 5.61. The van der Waals surface area contributed by atoms with Crippen molar-refractivity contribution in [2.45, 2.75) is 46.5 Å². The van der Waals surface area contributed by atoms with Crippen LogP contribution in [0.5, 0.6) is 0 Å². The molecule has 0 fully saturated rings. The predicted molar refractivity (Wildman–Crippen MR) is 81.3 cm³/mol. The fourth-order valence-electron chi connectivity index (χ4n) is 2.32. The number of hydrogen-bond acceptors (Lipinski definition) is 2. The molecule has 106 valence electrons. The zero-order valence-corrected chi connectivity index (χ0v) is 12.5. The molecule has 3 nitrogen and oxygen atoms in total. The Kier molecular flexibility index (Phi) is 4.07. The molecule has 0 bridgehead atoms. The number of pyridine rings is 1. The molecule has 1 aromatic heterocycles. The van der Waals surface area contributed by atoms with Crippen molar-refractivity contribution < 1.29 is 9.90 Å². The van der Waals surface area contributed by atoms with Crippen LogP contribution in [0.1, 0.15) is 48.6 Å². The van der Waals surface area contributed by atoms with Gasteiger partial charge in [0.2, 0.25) is 0 Å². The third-order valence-electron chi connectivity index (χ3n) is 3.73. The highest BCUT2D eigenvalue weighted by Crippen LogP contribution is 2.26. The molecular formula is C17H21NO2. The highest BCUT2D eigenvalue weighted by atomic mass is 16.4. The molecule has 0 amide bonds. The average Bonchev–Trinajstić information content (AvgIpc) is 2.37. The number of carboxylic acid groups (broad SMARTS) is 1. The van der Waals surface area contributed by atoms with E-state index in [1.807, 2.05) is 0 Å². The van der Waals surface area contributed by atoms with E-state index in [1.54, 1.807) is 0 Å². The Hall–Kier alpha value is -1.90. The average molecular weight is 271 g/mol. The van der Waals surface area contributed by atoms with E-state index < -0.39 is 5.97 Å². The minimum atomic E-state index is -0.759. The van der Waals surface area contributed by atoms with Crippen LogP contribution in [0.2, 0.25) is 0 Å². The van der Waals surface area contributed by atoms with Crippen LogP contribution in [0.25, 0.3) is 10.9 Å². The monoisotopic (exact) mass is 271 g/mol. The van der Waals surface area contributed by atoms with Gasteiger partial charge in [-0.05, 0) is 61.1 Å². The van der Waals surface area contributed by atoms with Gasteiger partial charge in [0, 0.05) is 17.5 Å². The normalized spacial score (nSPS) is 11.2. The molecule has 0 atom stereocenters. The Morgan fingerprint density at radius 3 is 2.45 bits per heavy atom. The van der Waals surface area contributed by atoms with Gasteiger partial charge in [-0.25, -0.2) is 0 Å². The van der Waals surface area contributed by atoms with Crippen LogP contribution in [0.4, 0.5) is 0 Å². The van der Waals surface area contributed by atoms with E-state index >= 15 is 0 Å². The van der Waals surface area contributed by atoms with Gasteiger partial charge in [-0.1, -0.05) is 13.8 Å². The van der Waals surface area contributed by atoms with Crippen LogP contribution in [0.15, 0.2) is 18.2 Å². The number of hydrogen-bond donors (Lipinski definition) is 1. The topological polar surface area (TPSA) is 50.2 Å². The van der Waals surface area contributed by atoms with E-state index in [0.717, 1.165) is 22.2 Å². The summed E-state index contributed by atoms with van der Waals surface area (Å²) in [6.45, 7) is 8.37. The number of rotatable bonds is 4. The summed E-state index contributed by atoms with van der Waals surface area (Å²) in [6, 6.07) is 6.28. The van der Waals surface area contributed by atoms with Gasteiger partial charge in [0.15, 0.2) is 0 Å². The Morgan fingerprint density at radius 2 is 1.85 bits per heavy atom. The molecule has 0 aliphatic heterocycles. The van der Waals surface area contributed by atoms with Crippen molar-refractivity contribution in [1.29, 1.82) is 0 Å². The molecule has 1 heterocycles. The first kappa shape index (κ1) is 14.5. The number of aliphatic carboxylic acids is 1. The van der Waals surface area contributed by atoms with Crippen LogP contribution < -0.4 is 0 Å². The van der Waals surface area contributed by atoms with E-state index in [-0.39, 0.29) is 6.42 Å². The first-order chi connectivity index (χ1) is 9.38. The zero-order valence-electron chi connectivity index (χ0n) is 12.5. The lowest BCUT2D eigenvalue weighted by Crippen LogP contribution is -2.02. The fourth-order valence-corrected chi connectivity index (χ4v) is 2.32. The van der Waals surface area contributed by atoms with Gasteiger partial charge >= 0.3 is 5.97 Å². The molecule has 0 saturated carbocycles. The van der Waals surface area contributed by atoms with Crippen molar-refractivity contribution in [1.82, 2.24) is 4.98 Å². The predicted octanol–water partition coefficient (Wildman–Crippen LogP) is 3.99. The number of fused-ring (bicyclic) bond motifs is 1. The number of benzene rings is 1. The van der Waals surface area contributed by atoms with Crippen molar-refractivity contribution >= 4 is 16.9 Å². The molecule has 1 N–H and O–H groups in total. The Morgan fingerprint density at radius 1 is 1.20 bits per heavy atom. The van der Waals surface area contributed by atoms with Crippen molar-refractivity contribution in [2.24, 2.45) is 0 Å². The smallest absolute Gasteiger partial charge is 0.303 e. The van der Waals surface area contributed by atoms with Crippen LogP contribution >= 0.6 is 0 Å². The molecule has 2 rings (SSSR count). The lowest BCUT2D eigenvalue weighted by atomic mass is 9.97. The van der Waals surface area contributed by atoms with Crippen LogP contribution in [0.3, 0.4) is 0 Å². The van der Waals surface area contributed by atoms with E-state index in [0.29, 0.717) is 12.3 Å². The second-order valence-corrected chi connectivity index (χ2v) is 5.71. The summed E-state index contributed by atoms with van der Waals surface area (Å²) < 4.78 is 0. The molecule has 0 spiro atoms. The van der Waals surface area contributed by atoms with E-state index in [1.165, 1.54) is 11.1 Å². The van der Waals surface area contributed by atoms with Crippen LogP contribution in [-0.2, 0) is 11.2 Å². The van der Waals surface area contributed by atoms with E-state index in [9.17, 15) is 4.79 Å². The molecule has 3 heteroatoms. The van der Waals surface area contributed by atoms with Gasteiger partial charge < -0.3 is 5.11 Å². The van der Waals surface area contributed by atoms with E-state index in [2.05, 4.69) is 45.9 Å². The minimum Gasteiger partial charge on any atom is -0.481 e. The Labute approximate surface area is 119 Å². The number of aryl methyl sites for hydroxylation is 3. The Balaban J connectivity index is 2.61. The third kappa shape index (κ3) is 2.98. The summed E-state index contributed by atoms with van der Waals surface area (Å²) >= 11 is 0. The lowest BCUT2D eigenvalue weighted by Gasteiger charge is -2.13. The van der Waals surface area contributed by atoms with Gasteiger partial charge in [0.05, 0.1) is 5.52 Å². The van der Waals surface area contributed by atoms with Gasteiger partial charge in [0.1, 0.15) is 0 Å².